The predicted octanol–water partition coefficient (Wildman–Crippen LogP) is 1.64. The summed E-state index contributed by atoms with van der Waals surface area (Å²) in [5, 5.41) is 4.37. The van der Waals surface area contributed by atoms with Crippen LogP contribution in [0.1, 0.15) is 29.0 Å². The molecule has 10 heteroatoms. The second-order valence-electron chi connectivity index (χ2n) is 7.00. The molecule has 1 aromatic carbocycles. The molecular formula is C18H20F2N4O3S. The summed E-state index contributed by atoms with van der Waals surface area (Å²) in [4.78, 5) is 13.9. The van der Waals surface area contributed by atoms with Gasteiger partial charge in [0.25, 0.3) is 5.91 Å². The second kappa shape index (κ2) is 7.25. The molecule has 0 N–H and O–H groups in total. The van der Waals surface area contributed by atoms with Gasteiger partial charge in [0.15, 0.2) is 5.69 Å². The third kappa shape index (κ3) is 3.53. The summed E-state index contributed by atoms with van der Waals surface area (Å²) in [6, 6.07) is 4.03. The van der Waals surface area contributed by atoms with E-state index in [1.807, 2.05) is 4.68 Å². The summed E-state index contributed by atoms with van der Waals surface area (Å²) in [5.41, 5.74) is 1.42. The number of hydrogen-bond acceptors (Lipinski definition) is 4. The van der Waals surface area contributed by atoms with Gasteiger partial charge in [-0.3, -0.25) is 9.48 Å². The van der Waals surface area contributed by atoms with Gasteiger partial charge in [-0.15, -0.1) is 0 Å². The highest BCUT2D eigenvalue weighted by Gasteiger charge is 2.32. The number of aryl methyl sites for hydroxylation is 2. The highest BCUT2D eigenvalue weighted by molar-refractivity contribution is 7.89. The van der Waals surface area contributed by atoms with E-state index in [1.165, 1.54) is 0 Å². The first kappa shape index (κ1) is 19.0. The number of carbonyl (C=O) groups excluding carboxylic acids is 1. The van der Waals surface area contributed by atoms with E-state index in [4.69, 9.17) is 0 Å². The van der Waals surface area contributed by atoms with Crippen molar-refractivity contribution in [1.29, 1.82) is 0 Å². The summed E-state index contributed by atoms with van der Waals surface area (Å²) < 4.78 is 55.1. The highest BCUT2D eigenvalue weighted by Crippen LogP contribution is 2.21. The molecule has 2 aromatic rings. The number of fused-ring (bicyclic) bond motifs is 1. The molecule has 150 valence electrons. The number of nitrogens with zero attached hydrogens (tertiary/aromatic N) is 4. The summed E-state index contributed by atoms with van der Waals surface area (Å²) in [7, 11) is -4.03. The van der Waals surface area contributed by atoms with E-state index in [1.54, 1.807) is 11.0 Å². The Morgan fingerprint density at radius 1 is 0.929 bits per heavy atom. The molecular weight excluding hydrogens is 390 g/mol. The zero-order valence-electron chi connectivity index (χ0n) is 15.1. The van der Waals surface area contributed by atoms with E-state index in [-0.39, 0.29) is 32.1 Å². The third-order valence-corrected chi connectivity index (χ3v) is 7.01. The molecule has 2 aliphatic heterocycles. The maximum atomic E-state index is 13.4. The van der Waals surface area contributed by atoms with Gasteiger partial charge in [-0.25, -0.2) is 17.2 Å². The molecule has 0 radical (unpaired) electrons. The van der Waals surface area contributed by atoms with Crippen LogP contribution in [0.2, 0.25) is 0 Å². The summed E-state index contributed by atoms with van der Waals surface area (Å²) in [5.74, 6) is -2.12. The molecule has 4 rings (SSSR count). The van der Waals surface area contributed by atoms with Gasteiger partial charge in [0.05, 0.1) is 4.90 Å². The van der Waals surface area contributed by atoms with Crippen LogP contribution in [0.3, 0.4) is 0 Å². The molecule has 1 fully saturated rings. The Hall–Kier alpha value is -2.33. The molecule has 3 heterocycles. The average molecular weight is 410 g/mol. The second-order valence-corrected chi connectivity index (χ2v) is 8.94. The number of hydrogen-bond donors (Lipinski definition) is 0. The number of carbonyl (C=O) groups is 1. The van der Waals surface area contributed by atoms with Gasteiger partial charge in [0.2, 0.25) is 10.0 Å². The molecule has 1 saturated heterocycles. The standard InChI is InChI=1S/C18H20F2N4O3S/c19-13-9-14(20)11-16(10-13)28(26,27)23-7-5-22(6-8-23)18(25)17-12-15-3-1-2-4-24(15)21-17/h9-12H,1-8H2. The molecule has 0 unspecified atom stereocenters. The van der Waals surface area contributed by atoms with Crippen molar-refractivity contribution in [2.75, 3.05) is 26.2 Å². The van der Waals surface area contributed by atoms with Gasteiger partial charge >= 0.3 is 0 Å². The van der Waals surface area contributed by atoms with Crippen molar-refractivity contribution in [2.45, 2.75) is 30.7 Å². The number of aromatic nitrogens is 2. The molecule has 0 atom stereocenters. The van der Waals surface area contributed by atoms with Gasteiger partial charge < -0.3 is 4.90 Å². The summed E-state index contributed by atoms with van der Waals surface area (Å²) in [6.07, 6.45) is 3.02. The number of amides is 1. The zero-order chi connectivity index (χ0) is 19.9. The van der Waals surface area contributed by atoms with Crippen LogP contribution in [0, 0.1) is 11.6 Å². The Morgan fingerprint density at radius 2 is 1.61 bits per heavy atom. The van der Waals surface area contributed by atoms with Gasteiger partial charge in [-0.2, -0.15) is 9.40 Å². The minimum Gasteiger partial charge on any atom is -0.335 e. The van der Waals surface area contributed by atoms with Crippen LogP contribution >= 0.6 is 0 Å². The normalized spacial score (nSPS) is 18.1. The minimum atomic E-state index is -4.03. The topological polar surface area (TPSA) is 75.5 Å². The third-order valence-electron chi connectivity index (χ3n) is 5.13. The van der Waals surface area contributed by atoms with Crippen LogP contribution in [0.5, 0.6) is 0 Å². The van der Waals surface area contributed by atoms with Crippen molar-refractivity contribution in [3.63, 3.8) is 0 Å². The van der Waals surface area contributed by atoms with Crippen molar-refractivity contribution in [3.05, 3.63) is 47.3 Å². The SMILES string of the molecule is O=C(c1cc2n(n1)CCCC2)N1CCN(S(=O)(=O)c2cc(F)cc(F)c2)CC1. The van der Waals surface area contributed by atoms with Gasteiger partial charge in [0.1, 0.15) is 11.6 Å². The highest BCUT2D eigenvalue weighted by atomic mass is 32.2. The monoisotopic (exact) mass is 410 g/mol. The molecule has 0 spiro atoms. The molecule has 0 aliphatic carbocycles. The lowest BCUT2D eigenvalue weighted by Gasteiger charge is -2.33. The predicted molar refractivity (Wildman–Crippen MR) is 96.2 cm³/mol. The van der Waals surface area contributed by atoms with Crippen LogP contribution in [-0.4, -0.2) is 59.5 Å². The molecule has 0 bridgehead atoms. The first-order valence-corrected chi connectivity index (χ1v) is 10.6. The molecule has 2 aliphatic rings. The Bertz CT molecular complexity index is 970. The number of sulfonamides is 1. The van der Waals surface area contributed by atoms with Crippen LogP contribution < -0.4 is 0 Å². The molecule has 0 saturated carbocycles. The lowest BCUT2D eigenvalue weighted by Crippen LogP contribution is -2.50. The smallest absolute Gasteiger partial charge is 0.274 e. The maximum absolute atomic E-state index is 13.4. The fraction of sp³-hybridized carbons (Fsp3) is 0.444. The Labute approximate surface area is 161 Å². The summed E-state index contributed by atoms with van der Waals surface area (Å²) >= 11 is 0. The molecule has 28 heavy (non-hydrogen) atoms. The van der Waals surface area contributed by atoms with Gasteiger partial charge in [-0.1, -0.05) is 0 Å². The van der Waals surface area contributed by atoms with Crippen molar-refractivity contribution in [1.82, 2.24) is 19.0 Å². The van der Waals surface area contributed by atoms with Crippen molar-refractivity contribution in [3.8, 4) is 0 Å². The first-order chi connectivity index (χ1) is 13.3. The van der Waals surface area contributed by atoms with E-state index in [0.717, 1.165) is 47.9 Å². The largest absolute Gasteiger partial charge is 0.335 e. The van der Waals surface area contributed by atoms with E-state index in [9.17, 15) is 22.0 Å². The van der Waals surface area contributed by atoms with Crippen molar-refractivity contribution < 1.29 is 22.0 Å². The number of benzene rings is 1. The lowest BCUT2D eigenvalue weighted by atomic mass is 10.1. The zero-order valence-corrected chi connectivity index (χ0v) is 16.0. The number of rotatable bonds is 3. The van der Waals surface area contributed by atoms with E-state index < -0.39 is 26.6 Å². The van der Waals surface area contributed by atoms with E-state index in [2.05, 4.69) is 5.10 Å². The maximum Gasteiger partial charge on any atom is 0.274 e. The van der Waals surface area contributed by atoms with Crippen LogP contribution in [0.25, 0.3) is 0 Å². The molecule has 1 aromatic heterocycles. The Balaban J connectivity index is 1.45. The van der Waals surface area contributed by atoms with Gasteiger partial charge in [-0.05, 0) is 37.5 Å². The summed E-state index contributed by atoms with van der Waals surface area (Å²) in [6.45, 7) is 1.30. The number of piperazine rings is 1. The van der Waals surface area contributed by atoms with Crippen LogP contribution in [0.15, 0.2) is 29.2 Å². The van der Waals surface area contributed by atoms with Gasteiger partial charge in [0, 0.05) is 44.5 Å². The van der Waals surface area contributed by atoms with Crippen LogP contribution in [0.4, 0.5) is 8.78 Å². The van der Waals surface area contributed by atoms with Crippen LogP contribution in [-0.2, 0) is 23.0 Å². The van der Waals surface area contributed by atoms with E-state index in [0.29, 0.717) is 11.8 Å². The molecule has 7 nitrogen and oxygen atoms in total. The lowest BCUT2D eigenvalue weighted by molar-refractivity contribution is 0.0691. The Kier molecular flexibility index (Phi) is 4.92. The fourth-order valence-corrected chi connectivity index (χ4v) is 5.11. The quantitative estimate of drug-likeness (QED) is 0.771. The Morgan fingerprint density at radius 3 is 2.25 bits per heavy atom. The minimum absolute atomic E-state index is 0.0553. The number of halogens is 2. The molecule has 1 amide bonds. The first-order valence-electron chi connectivity index (χ1n) is 9.17. The van der Waals surface area contributed by atoms with E-state index >= 15 is 0 Å². The van der Waals surface area contributed by atoms with Crippen molar-refractivity contribution in [2.24, 2.45) is 0 Å². The van der Waals surface area contributed by atoms with Crippen molar-refractivity contribution >= 4 is 15.9 Å². The average Bonchev–Trinajstić information content (AvgIpc) is 3.11. The fourth-order valence-electron chi connectivity index (χ4n) is 3.64.